The van der Waals surface area contributed by atoms with Crippen LogP contribution in [0.25, 0.3) is 0 Å². The van der Waals surface area contributed by atoms with E-state index < -0.39 is 5.97 Å². The van der Waals surface area contributed by atoms with E-state index in [1.54, 1.807) is 13.0 Å². The molecule has 0 fully saturated rings. The number of ether oxygens (including phenoxy) is 1. The van der Waals surface area contributed by atoms with Gasteiger partial charge in [-0.1, -0.05) is 0 Å². The van der Waals surface area contributed by atoms with Crippen molar-refractivity contribution in [1.82, 2.24) is 0 Å². The van der Waals surface area contributed by atoms with E-state index in [9.17, 15) is 4.79 Å². The number of benzene rings is 1. The third-order valence-electron chi connectivity index (χ3n) is 2.01. The Balaban J connectivity index is 3.28. The van der Waals surface area contributed by atoms with Crippen LogP contribution in [0.1, 0.15) is 15.9 Å². The molecular formula is C9H12N2O3. The summed E-state index contributed by atoms with van der Waals surface area (Å²) in [5, 5.41) is 8.80. The lowest BCUT2D eigenvalue weighted by Gasteiger charge is -2.10. The van der Waals surface area contributed by atoms with Crippen LogP contribution in [0.2, 0.25) is 0 Å². The zero-order valence-electron chi connectivity index (χ0n) is 8.00. The minimum atomic E-state index is -0.459. The molecular weight excluding hydrogens is 184 g/mol. The highest BCUT2D eigenvalue weighted by molar-refractivity contribution is 5.94. The summed E-state index contributed by atoms with van der Waals surface area (Å²) in [5.74, 6) is -0.459. The lowest BCUT2D eigenvalue weighted by molar-refractivity contribution is 0.0600. The summed E-state index contributed by atoms with van der Waals surface area (Å²) in [6.45, 7) is 1.67. The topological polar surface area (TPSA) is 84.6 Å². The molecule has 0 aliphatic rings. The van der Waals surface area contributed by atoms with E-state index in [1.807, 2.05) is 5.48 Å². The maximum absolute atomic E-state index is 11.2. The van der Waals surface area contributed by atoms with Crippen molar-refractivity contribution in [2.45, 2.75) is 6.92 Å². The second-order valence-corrected chi connectivity index (χ2v) is 2.81. The molecule has 0 spiro atoms. The number of hydrogen-bond donors (Lipinski definition) is 3. The van der Waals surface area contributed by atoms with E-state index in [1.165, 1.54) is 13.2 Å². The van der Waals surface area contributed by atoms with E-state index in [2.05, 4.69) is 4.74 Å². The van der Waals surface area contributed by atoms with Crippen molar-refractivity contribution in [1.29, 1.82) is 0 Å². The average Bonchev–Trinajstić information content (AvgIpc) is 2.18. The zero-order valence-corrected chi connectivity index (χ0v) is 8.00. The number of anilines is 2. The molecule has 0 radical (unpaired) electrons. The molecule has 0 atom stereocenters. The van der Waals surface area contributed by atoms with Gasteiger partial charge in [-0.3, -0.25) is 10.7 Å². The average molecular weight is 196 g/mol. The third-order valence-corrected chi connectivity index (χ3v) is 2.01. The van der Waals surface area contributed by atoms with Crippen molar-refractivity contribution >= 4 is 17.3 Å². The fraction of sp³-hybridized carbons (Fsp3) is 0.222. The number of nitrogens with two attached hydrogens (primary N) is 1. The van der Waals surface area contributed by atoms with Gasteiger partial charge in [0.05, 0.1) is 24.0 Å². The smallest absolute Gasteiger partial charge is 0.338 e. The number of nitrogen functional groups attached to an aromatic ring is 1. The number of rotatable bonds is 2. The molecule has 0 saturated carbocycles. The highest BCUT2D eigenvalue weighted by Crippen LogP contribution is 2.25. The Morgan fingerprint density at radius 3 is 2.71 bits per heavy atom. The molecule has 76 valence electrons. The second-order valence-electron chi connectivity index (χ2n) is 2.81. The molecule has 0 aliphatic carbocycles. The highest BCUT2D eigenvalue weighted by atomic mass is 16.5. The van der Waals surface area contributed by atoms with Gasteiger partial charge in [-0.2, -0.15) is 0 Å². The molecule has 0 unspecified atom stereocenters. The number of nitrogens with one attached hydrogen (secondary N) is 1. The van der Waals surface area contributed by atoms with Crippen LogP contribution in [-0.2, 0) is 4.74 Å². The van der Waals surface area contributed by atoms with E-state index in [0.29, 0.717) is 22.5 Å². The van der Waals surface area contributed by atoms with Crippen LogP contribution in [0.4, 0.5) is 11.4 Å². The van der Waals surface area contributed by atoms with E-state index in [-0.39, 0.29) is 0 Å². The Morgan fingerprint density at radius 1 is 1.57 bits per heavy atom. The maximum atomic E-state index is 11.2. The Bertz CT molecular complexity index is 363. The van der Waals surface area contributed by atoms with Gasteiger partial charge in [0.15, 0.2) is 0 Å². The monoisotopic (exact) mass is 196 g/mol. The van der Waals surface area contributed by atoms with Gasteiger partial charge >= 0.3 is 5.97 Å². The van der Waals surface area contributed by atoms with Crippen LogP contribution in [0, 0.1) is 6.92 Å². The molecule has 1 aromatic rings. The number of carbonyl (C=O) groups is 1. The van der Waals surface area contributed by atoms with E-state index in [0.717, 1.165) is 0 Å². The minimum absolute atomic E-state index is 0.327. The zero-order chi connectivity index (χ0) is 10.7. The van der Waals surface area contributed by atoms with Gasteiger partial charge < -0.3 is 10.5 Å². The normalized spacial score (nSPS) is 9.64. The number of hydrogen-bond acceptors (Lipinski definition) is 5. The third kappa shape index (κ3) is 1.62. The van der Waals surface area contributed by atoms with Crippen LogP contribution in [-0.4, -0.2) is 18.3 Å². The van der Waals surface area contributed by atoms with Crippen molar-refractivity contribution in [3.63, 3.8) is 0 Å². The van der Waals surface area contributed by atoms with Gasteiger partial charge in [-0.05, 0) is 24.6 Å². The van der Waals surface area contributed by atoms with Crippen molar-refractivity contribution in [3.8, 4) is 0 Å². The predicted molar refractivity (Wildman–Crippen MR) is 52.3 cm³/mol. The molecule has 0 heterocycles. The largest absolute Gasteiger partial charge is 0.465 e. The number of esters is 1. The minimum Gasteiger partial charge on any atom is -0.465 e. The molecule has 0 saturated heterocycles. The lowest BCUT2D eigenvalue weighted by Crippen LogP contribution is -2.07. The van der Waals surface area contributed by atoms with E-state index >= 15 is 0 Å². The first-order valence-electron chi connectivity index (χ1n) is 3.99. The molecule has 5 nitrogen and oxygen atoms in total. The summed E-state index contributed by atoms with van der Waals surface area (Å²) in [7, 11) is 1.30. The van der Waals surface area contributed by atoms with E-state index in [4.69, 9.17) is 10.9 Å². The standard InChI is InChI=1S/C9H12N2O3/c1-5-6(9(12)14-2)3-4-7(10)8(5)11-13/h3-4,11,13H,10H2,1-2H3. The fourth-order valence-corrected chi connectivity index (χ4v) is 1.21. The first kappa shape index (κ1) is 10.3. The van der Waals surface area contributed by atoms with Gasteiger partial charge in [0, 0.05) is 0 Å². The summed E-state index contributed by atoms with van der Waals surface area (Å²) in [5.41, 5.74) is 9.15. The highest BCUT2D eigenvalue weighted by Gasteiger charge is 2.13. The molecule has 4 N–H and O–H groups in total. The summed E-state index contributed by atoms with van der Waals surface area (Å²) >= 11 is 0. The summed E-state index contributed by atoms with van der Waals surface area (Å²) in [4.78, 5) is 11.2. The maximum Gasteiger partial charge on any atom is 0.338 e. The van der Waals surface area contributed by atoms with Crippen LogP contribution >= 0.6 is 0 Å². The van der Waals surface area contributed by atoms with Crippen LogP contribution in [0.3, 0.4) is 0 Å². The van der Waals surface area contributed by atoms with Crippen LogP contribution in [0.5, 0.6) is 0 Å². The van der Waals surface area contributed by atoms with Gasteiger partial charge in [0.2, 0.25) is 0 Å². The number of methoxy groups -OCH3 is 1. The molecule has 0 aliphatic heterocycles. The molecule has 1 aromatic carbocycles. The summed E-state index contributed by atoms with van der Waals surface area (Å²) in [6, 6.07) is 3.08. The van der Waals surface area contributed by atoms with Gasteiger partial charge in [0.1, 0.15) is 0 Å². The first-order valence-corrected chi connectivity index (χ1v) is 3.99. The SMILES string of the molecule is COC(=O)c1ccc(N)c(NO)c1C. The molecule has 5 heteroatoms. The Labute approximate surface area is 81.4 Å². The van der Waals surface area contributed by atoms with Crippen LogP contribution < -0.4 is 11.2 Å². The molecule has 0 bridgehead atoms. The van der Waals surface area contributed by atoms with Gasteiger partial charge in [-0.25, -0.2) is 4.79 Å². The first-order chi connectivity index (χ1) is 6.61. The Morgan fingerprint density at radius 2 is 2.21 bits per heavy atom. The fourth-order valence-electron chi connectivity index (χ4n) is 1.21. The summed E-state index contributed by atoms with van der Waals surface area (Å²) < 4.78 is 4.57. The van der Waals surface area contributed by atoms with Crippen LogP contribution in [0.15, 0.2) is 12.1 Å². The summed E-state index contributed by atoms with van der Waals surface area (Å²) in [6.07, 6.45) is 0. The Hall–Kier alpha value is -1.75. The molecule has 1 rings (SSSR count). The quantitative estimate of drug-likeness (QED) is 0.375. The molecule has 14 heavy (non-hydrogen) atoms. The lowest BCUT2D eigenvalue weighted by atomic mass is 10.1. The van der Waals surface area contributed by atoms with Crippen molar-refractivity contribution in [2.75, 3.05) is 18.3 Å². The number of carbonyl (C=O) groups excluding carboxylic acids is 1. The van der Waals surface area contributed by atoms with Crippen molar-refractivity contribution in [3.05, 3.63) is 23.3 Å². The van der Waals surface area contributed by atoms with Gasteiger partial charge in [-0.15, -0.1) is 0 Å². The van der Waals surface area contributed by atoms with Crippen molar-refractivity contribution < 1.29 is 14.7 Å². The molecule has 0 aromatic heterocycles. The molecule has 0 amide bonds. The predicted octanol–water partition coefficient (Wildman–Crippen LogP) is 1.16. The van der Waals surface area contributed by atoms with Crippen molar-refractivity contribution in [2.24, 2.45) is 0 Å². The Kier molecular flexibility index (Phi) is 2.93. The van der Waals surface area contributed by atoms with Gasteiger partial charge in [0.25, 0.3) is 0 Å². The second kappa shape index (κ2) is 3.97.